The van der Waals surface area contributed by atoms with Crippen LogP contribution in [0, 0.1) is 0 Å². The van der Waals surface area contributed by atoms with E-state index in [4.69, 9.17) is 18.9 Å². The lowest BCUT2D eigenvalue weighted by atomic mass is 9.97. The summed E-state index contributed by atoms with van der Waals surface area (Å²) in [7, 11) is 0. The van der Waals surface area contributed by atoms with Crippen LogP contribution in [0.3, 0.4) is 0 Å². The SMILES string of the molecule is CCCCCCCCCCCCCCCCCCCC/C=C/CC/C=C/CC/C=C/C(O)C(COC1OC(CO)C(OC2OC(CO)C(O)C(O)C2O)C(O)C1O)NC(=O)CCCCCCC. The summed E-state index contributed by atoms with van der Waals surface area (Å²) in [5, 5.41) is 86.3. The lowest BCUT2D eigenvalue weighted by Gasteiger charge is -2.46. The molecule has 14 heteroatoms. The number of carbonyl (C=O) groups is 1. The van der Waals surface area contributed by atoms with Crippen molar-refractivity contribution in [3.8, 4) is 0 Å². The minimum Gasteiger partial charge on any atom is -0.394 e. The molecule has 0 radical (unpaired) electrons. The standard InChI is InChI=1S/C53H97NO13/c1-3-5-7-9-10-11-12-13-14-15-16-17-18-19-20-21-22-23-24-25-26-27-28-29-30-31-33-34-36-42(57)41(54-45(58)37-35-32-8-6-4-2)40-64-52-50(63)48(61)51(44(39-56)66-52)67-53-49(62)47(60)46(59)43(38-55)65-53/h25-26,29-30,34,36,41-44,46-53,55-57,59-63H,3-24,27-28,31-33,35,37-40H2,1-2H3,(H,54,58)/b26-25+,30-29+,36-34+. The number of hydrogen-bond donors (Lipinski definition) is 9. The fourth-order valence-electron chi connectivity index (χ4n) is 8.68. The highest BCUT2D eigenvalue weighted by Gasteiger charge is 2.51. The van der Waals surface area contributed by atoms with Gasteiger partial charge < -0.3 is 65.1 Å². The second kappa shape index (κ2) is 39.9. The normalized spacial score (nSPS) is 26.8. The van der Waals surface area contributed by atoms with Crippen LogP contribution in [0.2, 0.25) is 0 Å². The lowest BCUT2D eigenvalue weighted by Crippen LogP contribution is -2.65. The Balaban J connectivity index is 1.68. The highest BCUT2D eigenvalue weighted by atomic mass is 16.7. The second-order valence-electron chi connectivity index (χ2n) is 19.0. The van der Waals surface area contributed by atoms with Gasteiger partial charge in [0.1, 0.15) is 48.8 Å². The number of ether oxygens (including phenoxy) is 4. The zero-order valence-corrected chi connectivity index (χ0v) is 41.6. The highest BCUT2D eigenvalue weighted by Crippen LogP contribution is 2.30. The largest absolute Gasteiger partial charge is 0.394 e. The van der Waals surface area contributed by atoms with E-state index in [2.05, 4.69) is 43.5 Å². The Morgan fingerprint density at radius 2 is 0.955 bits per heavy atom. The van der Waals surface area contributed by atoms with Crippen molar-refractivity contribution in [1.29, 1.82) is 0 Å². The summed E-state index contributed by atoms with van der Waals surface area (Å²) in [5.74, 6) is -0.267. The zero-order chi connectivity index (χ0) is 48.9. The molecule has 0 aromatic heterocycles. The van der Waals surface area contributed by atoms with Crippen molar-refractivity contribution in [3.63, 3.8) is 0 Å². The molecule has 12 atom stereocenters. The minimum atomic E-state index is -1.79. The summed E-state index contributed by atoms with van der Waals surface area (Å²) in [4.78, 5) is 12.9. The summed E-state index contributed by atoms with van der Waals surface area (Å²) >= 11 is 0. The summed E-state index contributed by atoms with van der Waals surface area (Å²) in [6.07, 6.45) is 29.9. The molecular weight excluding hydrogens is 859 g/mol. The molecule has 0 spiro atoms. The average Bonchev–Trinajstić information content (AvgIpc) is 3.32. The first-order valence-electron chi connectivity index (χ1n) is 26.7. The number of allylic oxidation sites excluding steroid dienone is 5. The third-order valence-electron chi connectivity index (χ3n) is 13.1. The molecule has 12 unspecified atom stereocenters. The van der Waals surface area contributed by atoms with Gasteiger partial charge in [0, 0.05) is 6.42 Å². The maximum atomic E-state index is 12.9. The van der Waals surface area contributed by atoms with Gasteiger partial charge in [0.2, 0.25) is 5.91 Å². The number of unbranched alkanes of at least 4 members (excludes halogenated alkanes) is 24. The van der Waals surface area contributed by atoms with Gasteiger partial charge in [-0.3, -0.25) is 4.79 Å². The molecule has 1 amide bonds. The number of carbonyl (C=O) groups excluding carboxylic acids is 1. The van der Waals surface area contributed by atoms with Crippen LogP contribution in [-0.2, 0) is 23.7 Å². The Labute approximate surface area is 404 Å². The van der Waals surface area contributed by atoms with Gasteiger partial charge in [-0.2, -0.15) is 0 Å². The third-order valence-corrected chi connectivity index (χ3v) is 13.1. The van der Waals surface area contributed by atoms with Crippen LogP contribution in [0.1, 0.15) is 200 Å². The fraction of sp³-hybridized carbons (Fsp3) is 0.868. The van der Waals surface area contributed by atoms with E-state index >= 15 is 0 Å². The molecule has 9 N–H and O–H groups in total. The summed E-state index contributed by atoms with van der Waals surface area (Å²) in [6.45, 7) is 2.66. The summed E-state index contributed by atoms with van der Waals surface area (Å²) in [5.41, 5.74) is 0. The lowest BCUT2D eigenvalue weighted by molar-refractivity contribution is -0.359. The number of hydrogen-bond acceptors (Lipinski definition) is 13. The van der Waals surface area contributed by atoms with Crippen molar-refractivity contribution in [2.45, 2.75) is 274 Å². The van der Waals surface area contributed by atoms with E-state index in [1.165, 1.54) is 116 Å². The Morgan fingerprint density at radius 1 is 0.522 bits per heavy atom. The molecule has 0 aromatic carbocycles. The summed E-state index contributed by atoms with van der Waals surface area (Å²) < 4.78 is 22.6. The van der Waals surface area contributed by atoms with Crippen LogP contribution in [0.25, 0.3) is 0 Å². The molecule has 67 heavy (non-hydrogen) atoms. The van der Waals surface area contributed by atoms with Crippen LogP contribution in [-0.4, -0.2) is 140 Å². The fourth-order valence-corrected chi connectivity index (χ4v) is 8.68. The van der Waals surface area contributed by atoms with Crippen LogP contribution >= 0.6 is 0 Å². The molecule has 14 nitrogen and oxygen atoms in total. The van der Waals surface area contributed by atoms with Crippen molar-refractivity contribution < 1.29 is 64.6 Å². The molecule has 0 aromatic rings. The Hall–Kier alpha value is -1.79. The van der Waals surface area contributed by atoms with Crippen LogP contribution in [0.5, 0.6) is 0 Å². The van der Waals surface area contributed by atoms with Gasteiger partial charge in [-0.1, -0.05) is 185 Å². The molecule has 0 saturated carbocycles. The van der Waals surface area contributed by atoms with E-state index in [1.807, 2.05) is 6.08 Å². The predicted octanol–water partition coefficient (Wildman–Crippen LogP) is 7.49. The molecule has 0 aliphatic carbocycles. The topological polar surface area (TPSA) is 228 Å². The van der Waals surface area contributed by atoms with Gasteiger partial charge in [0.05, 0.1) is 32.0 Å². The molecule has 2 aliphatic rings. The number of aliphatic hydroxyl groups is 8. The number of nitrogens with one attached hydrogen (secondary N) is 1. The maximum Gasteiger partial charge on any atom is 0.220 e. The first-order chi connectivity index (χ1) is 32.6. The van der Waals surface area contributed by atoms with E-state index in [0.29, 0.717) is 12.8 Å². The molecule has 0 bridgehead atoms. The molecule has 2 rings (SSSR count). The van der Waals surface area contributed by atoms with Crippen LogP contribution in [0.4, 0.5) is 0 Å². The van der Waals surface area contributed by atoms with E-state index in [0.717, 1.165) is 51.4 Å². The molecule has 2 heterocycles. The van der Waals surface area contributed by atoms with Gasteiger partial charge in [-0.25, -0.2) is 0 Å². The molecular formula is C53H97NO13. The van der Waals surface area contributed by atoms with Crippen LogP contribution in [0.15, 0.2) is 36.5 Å². The van der Waals surface area contributed by atoms with E-state index in [9.17, 15) is 45.6 Å². The summed E-state index contributed by atoms with van der Waals surface area (Å²) in [6, 6.07) is -0.931. The second-order valence-corrected chi connectivity index (χ2v) is 19.0. The van der Waals surface area contributed by atoms with E-state index in [-0.39, 0.29) is 18.9 Å². The predicted molar refractivity (Wildman–Crippen MR) is 263 cm³/mol. The van der Waals surface area contributed by atoms with Crippen molar-refractivity contribution in [1.82, 2.24) is 5.32 Å². The van der Waals surface area contributed by atoms with Crippen molar-refractivity contribution in [2.24, 2.45) is 0 Å². The minimum absolute atomic E-state index is 0.265. The van der Waals surface area contributed by atoms with Crippen molar-refractivity contribution in [3.05, 3.63) is 36.5 Å². The van der Waals surface area contributed by atoms with Crippen molar-refractivity contribution >= 4 is 5.91 Å². The third kappa shape index (κ3) is 26.8. The Bertz CT molecular complexity index is 1270. The first kappa shape index (κ1) is 61.3. The molecule has 392 valence electrons. The van der Waals surface area contributed by atoms with E-state index in [1.54, 1.807) is 6.08 Å². The quantitative estimate of drug-likeness (QED) is 0.0214. The van der Waals surface area contributed by atoms with E-state index < -0.39 is 86.8 Å². The van der Waals surface area contributed by atoms with Gasteiger partial charge in [-0.15, -0.1) is 0 Å². The van der Waals surface area contributed by atoms with Crippen molar-refractivity contribution in [2.75, 3.05) is 19.8 Å². The molecule has 2 fully saturated rings. The number of aliphatic hydroxyl groups excluding tert-OH is 8. The number of rotatable bonds is 41. The van der Waals surface area contributed by atoms with Gasteiger partial charge in [-0.05, 0) is 44.9 Å². The van der Waals surface area contributed by atoms with Gasteiger partial charge in [0.25, 0.3) is 0 Å². The zero-order valence-electron chi connectivity index (χ0n) is 41.6. The molecule has 2 saturated heterocycles. The smallest absolute Gasteiger partial charge is 0.220 e. The Kier molecular flexibility index (Phi) is 36.5. The monoisotopic (exact) mass is 956 g/mol. The number of amides is 1. The maximum absolute atomic E-state index is 12.9. The molecule has 2 aliphatic heterocycles. The van der Waals surface area contributed by atoms with Gasteiger partial charge in [0.15, 0.2) is 12.6 Å². The van der Waals surface area contributed by atoms with Gasteiger partial charge >= 0.3 is 0 Å². The average molecular weight is 956 g/mol. The Morgan fingerprint density at radius 3 is 1.46 bits per heavy atom. The highest BCUT2D eigenvalue weighted by molar-refractivity contribution is 5.76. The first-order valence-corrected chi connectivity index (χ1v) is 26.7. The van der Waals surface area contributed by atoms with Crippen LogP contribution < -0.4 is 5.32 Å².